The second-order valence-electron chi connectivity index (χ2n) is 4.57. The second-order valence-corrected chi connectivity index (χ2v) is 4.57. The van der Waals surface area contributed by atoms with Crippen molar-refractivity contribution in [1.29, 1.82) is 0 Å². The summed E-state index contributed by atoms with van der Waals surface area (Å²) in [6.45, 7) is 3.96. The fraction of sp³-hybridized carbons (Fsp3) is 0.500. The van der Waals surface area contributed by atoms with Gasteiger partial charge in [0, 0.05) is 18.8 Å². The van der Waals surface area contributed by atoms with Gasteiger partial charge in [-0.3, -0.25) is 9.69 Å². The standard InChI is InChI=1S/C14H23N3O/c1-3-4-9-16-14(18)11-17(2)10-12-7-5-6-8-13(12)15/h5-8H,3-4,9-11,15H2,1-2H3,(H,16,18). The van der Waals surface area contributed by atoms with Gasteiger partial charge in [-0.05, 0) is 25.1 Å². The number of nitrogens with zero attached hydrogens (tertiary/aromatic N) is 1. The quantitative estimate of drug-likeness (QED) is 0.570. The van der Waals surface area contributed by atoms with Crippen LogP contribution in [0.2, 0.25) is 0 Å². The van der Waals surface area contributed by atoms with E-state index in [0.29, 0.717) is 13.1 Å². The lowest BCUT2D eigenvalue weighted by molar-refractivity contribution is -0.122. The van der Waals surface area contributed by atoms with Crippen LogP contribution in [0.5, 0.6) is 0 Å². The number of carbonyl (C=O) groups excluding carboxylic acids is 1. The van der Waals surface area contributed by atoms with Crippen molar-refractivity contribution in [2.75, 3.05) is 25.9 Å². The van der Waals surface area contributed by atoms with Gasteiger partial charge in [0.15, 0.2) is 0 Å². The van der Waals surface area contributed by atoms with Crippen LogP contribution in [0.15, 0.2) is 24.3 Å². The maximum Gasteiger partial charge on any atom is 0.234 e. The third-order valence-electron chi connectivity index (χ3n) is 2.76. The molecule has 0 spiro atoms. The van der Waals surface area contributed by atoms with Crippen molar-refractivity contribution in [2.24, 2.45) is 0 Å². The summed E-state index contributed by atoms with van der Waals surface area (Å²) in [6.07, 6.45) is 2.12. The number of benzene rings is 1. The molecular weight excluding hydrogens is 226 g/mol. The summed E-state index contributed by atoms with van der Waals surface area (Å²) < 4.78 is 0. The molecule has 1 amide bonds. The van der Waals surface area contributed by atoms with Gasteiger partial charge in [0.2, 0.25) is 5.91 Å². The van der Waals surface area contributed by atoms with Crippen LogP contribution in [0.4, 0.5) is 5.69 Å². The lowest BCUT2D eigenvalue weighted by Crippen LogP contribution is -2.35. The SMILES string of the molecule is CCCCNC(=O)CN(C)Cc1ccccc1N. The van der Waals surface area contributed by atoms with Crippen molar-refractivity contribution in [1.82, 2.24) is 10.2 Å². The Labute approximate surface area is 109 Å². The normalized spacial score (nSPS) is 10.6. The van der Waals surface area contributed by atoms with E-state index >= 15 is 0 Å². The van der Waals surface area contributed by atoms with E-state index < -0.39 is 0 Å². The summed E-state index contributed by atoms with van der Waals surface area (Å²) in [5, 5.41) is 2.90. The smallest absolute Gasteiger partial charge is 0.234 e. The molecule has 0 radical (unpaired) electrons. The topological polar surface area (TPSA) is 58.4 Å². The summed E-state index contributed by atoms with van der Waals surface area (Å²) in [5.41, 5.74) is 7.70. The van der Waals surface area contributed by atoms with Gasteiger partial charge in [-0.15, -0.1) is 0 Å². The molecule has 4 nitrogen and oxygen atoms in total. The number of nitrogen functional groups attached to an aromatic ring is 1. The van der Waals surface area contributed by atoms with Gasteiger partial charge >= 0.3 is 0 Å². The Bertz CT molecular complexity index is 379. The summed E-state index contributed by atoms with van der Waals surface area (Å²) >= 11 is 0. The van der Waals surface area contributed by atoms with Gasteiger partial charge in [-0.25, -0.2) is 0 Å². The van der Waals surface area contributed by atoms with E-state index in [1.165, 1.54) is 0 Å². The summed E-state index contributed by atoms with van der Waals surface area (Å²) in [5.74, 6) is 0.0699. The van der Waals surface area contributed by atoms with Gasteiger partial charge in [-0.1, -0.05) is 31.5 Å². The molecule has 3 N–H and O–H groups in total. The van der Waals surface area contributed by atoms with E-state index in [1.807, 2.05) is 36.2 Å². The number of anilines is 1. The number of rotatable bonds is 7. The minimum Gasteiger partial charge on any atom is -0.398 e. The van der Waals surface area contributed by atoms with Crippen LogP contribution in [0.3, 0.4) is 0 Å². The highest BCUT2D eigenvalue weighted by Crippen LogP contribution is 2.12. The predicted molar refractivity (Wildman–Crippen MR) is 75.1 cm³/mol. The molecule has 0 saturated carbocycles. The average Bonchev–Trinajstić information content (AvgIpc) is 2.32. The monoisotopic (exact) mass is 249 g/mol. The number of nitrogens with one attached hydrogen (secondary N) is 1. The van der Waals surface area contributed by atoms with Crippen molar-refractivity contribution in [2.45, 2.75) is 26.3 Å². The van der Waals surface area contributed by atoms with E-state index in [-0.39, 0.29) is 5.91 Å². The zero-order valence-electron chi connectivity index (χ0n) is 11.3. The molecule has 0 heterocycles. The van der Waals surface area contributed by atoms with Crippen molar-refractivity contribution in [3.8, 4) is 0 Å². The minimum absolute atomic E-state index is 0.0699. The van der Waals surface area contributed by atoms with Crippen molar-refractivity contribution >= 4 is 11.6 Å². The number of hydrogen-bond donors (Lipinski definition) is 2. The first-order chi connectivity index (χ1) is 8.63. The Kier molecular flexibility index (Phi) is 6.22. The lowest BCUT2D eigenvalue weighted by atomic mass is 10.2. The molecule has 0 aliphatic carbocycles. The molecule has 1 aromatic carbocycles. The van der Waals surface area contributed by atoms with Crippen LogP contribution < -0.4 is 11.1 Å². The van der Waals surface area contributed by atoms with E-state index in [4.69, 9.17) is 5.73 Å². The van der Waals surface area contributed by atoms with E-state index in [1.54, 1.807) is 0 Å². The second kappa shape index (κ2) is 7.71. The van der Waals surface area contributed by atoms with E-state index in [9.17, 15) is 4.79 Å². The number of hydrogen-bond acceptors (Lipinski definition) is 3. The number of amides is 1. The molecule has 18 heavy (non-hydrogen) atoms. The van der Waals surface area contributed by atoms with Crippen LogP contribution in [-0.4, -0.2) is 30.9 Å². The molecule has 4 heteroatoms. The Morgan fingerprint density at radius 1 is 1.39 bits per heavy atom. The number of likely N-dealkylation sites (N-methyl/N-ethyl adjacent to an activating group) is 1. The summed E-state index contributed by atoms with van der Waals surface area (Å²) in [4.78, 5) is 13.6. The van der Waals surface area contributed by atoms with Gasteiger partial charge in [-0.2, -0.15) is 0 Å². The van der Waals surface area contributed by atoms with Gasteiger partial charge in [0.05, 0.1) is 6.54 Å². The molecule has 0 bridgehead atoms. The van der Waals surface area contributed by atoms with Gasteiger partial charge in [0.1, 0.15) is 0 Å². The Morgan fingerprint density at radius 3 is 2.78 bits per heavy atom. The third-order valence-corrected chi connectivity index (χ3v) is 2.76. The summed E-state index contributed by atoms with van der Waals surface area (Å²) in [6, 6.07) is 7.74. The Morgan fingerprint density at radius 2 is 2.11 bits per heavy atom. The molecule has 0 aliphatic rings. The predicted octanol–water partition coefficient (Wildman–Crippen LogP) is 1.62. The first-order valence-electron chi connectivity index (χ1n) is 6.42. The highest BCUT2D eigenvalue weighted by molar-refractivity contribution is 5.77. The number of unbranched alkanes of at least 4 members (excludes halogenated alkanes) is 1. The number of para-hydroxylation sites is 1. The molecule has 100 valence electrons. The molecule has 1 aromatic rings. The molecule has 0 aliphatic heterocycles. The zero-order chi connectivity index (χ0) is 13.4. The number of nitrogens with two attached hydrogens (primary N) is 1. The number of carbonyl (C=O) groups is 1. The zero-order valence-corrected chi connectivity index (χ0v) is 11.3. The highest BCUT2D eigenvalue weighted by atomic mass is 16.2. The Hall–Kier alpha value is -1.55. The molecule has 0 atom stereocenters. The lowest BCUT2D eigenvalue weighted by Gasteiger charge is -2.17. The van der Waals surface area contributed by atoms with Crippen LogP contribution in [0.1, 0.15) is 25.3 Å². The average molecular weight is 249 g/mol. The van der Waals surface area contributed by atoms with Crippen molar-refractivity contribution in [3.63, 3.8) is 0 Å². The first kappa shape index (κ1) is 14.5. The molecule has 0 unspecified atom stereocenters. The molecule has 0 fully saturated rings. The first-order valence-corrected chi connectivity index (χ1v) is 6.42. The molecule has 1 rings (SSSR count). The van der Waals surface area contributed by atoms with E-state index in [2.05, 4.69) is 12.2 Å². The maximum atomic E-state index is 11.6. The van der Waals surface area contributed by atoms with Crippen LogP contribution >= 0.6 is 0 Å². The van der Waals surface area contributed by atoms with E-state index in [0.717, 1.165) is 30.6 Å². The molecule has 0 aromatic heterocycles. The van der Waals surface area contributed by atoms with Gasteiger partial charge in [0.25, 0.3) is 0 Å². The van der Waals surface area contributed by atoms with Crippen LogP contribution in [0, 0.1) is 0 Å². The highest BCUT2D eigenvalue weighted by Gasteiger charge is 2.07. The van der Waals surface area contributed by atoms with Crippen molar-refractivity contribution < 1.29 is 4.79 Å². The Balaban J connectivity index is 2.35. The van der Waals surface area contributed by atoms with Crippen LogP contribution in [0.25, 0.3) is 0 Å². The fourth-order valence-electron chi connectivity index (χ4n) is 1.73. The molecular formula is C14H23N3O. The minimum atomic E-state index is 0.0699. The largest absolute Gasteiger partial charge is 0.398 e. The maximum absolute atomic E-state index is 11.6. The van der Waals surface area contributed by atoms with Gasteiger partial charge < -0.3 is 11.1 Å². The molecule has 0 saturated heterocycles. The van der Waals surface area contributed by atoms with Crippen molar-refractivity contribution in [3.05, 3.63) is 29.8 Å². The summed E-state index contributed by atoms with van der Waals surface area (Å²) in [7, 11) is 1.92. The fourth-order valence-corrected chi connectivity index (χ4v) is 1.73. The van der Waals surface area contributed by atoms with Crippen LogP contribution in [-0.2, 0) is 11.3 Å². The third kappa shape index (κ3) is 5.19.